The van der Waals surface area contributed by atoms with Crippen molar-refractivity contribution in [2.45, 2.75) is 12.9 Å². The number of nitrogens with one attached hydrogen (secondary N) is 1. The molecule has 4 nitrogen and oxygen atoms in total. The van der Waals surface area contributed by atoms with Gasteiger partial charge in [-0.2, -0.15) is 0 Å². The molecule has 7 heteroatoms. The van der Waals surface area contributed by atoms with Crippen molar-refractivity contribution in [1.29, 1.82) is 0 Å². The van der Waals surface area contributed by atoms with Gasteiger partial charge in [0, 0.05) is 23.9 Å². The average molecular weight is 310 g/mol. The second-order valence-electron chi connectivity index (χ2n) is 4.43. The lowest BCUT2D eigenvalue weighted by Gasteiger charge is -2.11. The van der Waals surface area contributed by atoms with Crippen LogP contribution in [-0.2, 0) is 6.54 Å². The largest absolute Gasteiger partial charge is 0.573 e. The molecule has 0 bridgehead atoms. The number of hydrogen-bond acceptors (Lipinski definition) is 3. The molecule has 2 aromatic rings. The van der Waals surface area contributed by atoms with Gasteiger partial charge in [0.05, 0.1) is 0 Å². The van der Waals surface area contributed by atoms with Crippen LogP contribution < -0.4 is 15.8 Å². The molecule has 0 fully saturated rings. The van der Waals surface area contributed by atoms with Gasteiger partial charge in [-0.3, -0.25) is 4.79 Å². The van der Waals surface area contributed by atoms with E-state index in [1.165, 1.54) is 12.1 Å². The lowest BCUT2D eigenvalue weighted by molar-refractivity contribution is -0.274. The SMILES string of the molecule is NCc1ccc(C(=O)Nc2cccc(OC(F)(F)F)c2)cc1. The molecule has 116 valence electrons. The molecule has 0 saturated heterocycles. The van der Waals surface area contributed by atoms with Crippen LogP contribution >= 0.6 is 0 Å². The van der Waals surface area contributed by atoms with Crippen molar-refractivity contribution in [3.8, 4) is 5.75 Å². The minimum atomic E-state index is -4.78. The molecule has 0 atom stereocenters. The summed E-state index contributed by atoms with van der Waals surface area (Å²) in [5.74, 6) is -0.837. The lowest BCUT2D eigenvalue weighted by atomic mass is 10.1. The van der Waals surface area contributed by atoms with E-state index in [9.17, 15) is 18.0 Å². The highest BCUT2D eigenvalue weighted by atomic mass is 19.4. The summed E-state index contributed by atoms with van der Waals surface area (Å²) in [7, 11) is 0. The number of nitrogens with two attached hydrogens (primary N) is 1. The Morgan fingerprint density at radius 1 is 1.14 bits per heavy atom. The van der Waals surface area contributed by atoms with Crippen molar-refractivity contribution in [1.82, 2.24) is 0 Å². The Bertz CT molecular complexity index is 655. The number of halogens is 3. The van der Waals surface area contributed by atoms with E-state index < -0.39 is 18.0 Å². The second kappa shape index (κ2) is 6.48. The number of amides is 1. The Kier molecular flexibility index (Phi) is 4.67. The van der Waals surface area contributed by atoms with Gasteiger partial charge >= 0.3 is 6.36 Å². The number of ether oxygens (including phenoxy) is 1. The van der Waals surface area contributed by atoms with Gasteiger partial charge in [0.15, 0.2) is 0 Å². The standard InChI is InChI=1S/C15H13F3N2O2/c16-15(17,18)22-13-3-1-2-12(8-13)20-14(21)11-6-4-10(9-19)5-7-11/h1-8H,9,19H2,(H,20,21). The monoisotopic (exact) mass is 310 g/mol. The molecule has 0 aliphatic rings. The zero-order valence-electron chi connectivity index (χ0n) is 11.4. The van der Waals surface area contributed by atoms with E-state index in [1.54, 1.807) is 24.3 Å². The van der Waals surface area contributed by atoms with E-state index in [1.807, 2.05) is 0 Å². The Hall–Kier alpha value is -2.54. The molecule has 1 amide bonds. The fourth-order valence-electron chi connectivity index (χ4n) is 1.77. The highest BCUT2D eigenvalue weighted by Gasteiger charge is 2.31. The molecule has 0 radical (unpaired) electrons. The minimum Gasteiger partial charge on any atom is -0.406 e. The highest BCUT2D eigenvalue weighted by molar-refractivity contribution is 6.04. The fourth-order valence-corrected chi connectivity index (χ4v) is 1.77. The highest BCUT2D eigenvalue weighted by Crippen LogP contribution is 2.25. The maximum Gasteiger partial charge on any atom is 0.573 e. The van der Waals surface area contributed by atoms with E-state index in [0.29, 0.717) is 12.1 Å². The number of carbonyl (C=O) groups is 1. The number of rotatable bonds is 4. The molecule has 0 heterocycles. The first-order valence-corrected chi connectivity index (χ1v) is 6.33. The van der Waals surface area contributed by atoms with Gasteiger partial charge in [0.25, 0.3) is 5.91 Å². The van der Waals surface area contributed by atoms with E-state index in [2.05, 4.69) is 10.1 Å². The molecule has 2 rings (SSSR count). The Morgan fingerprint density at radius 2 is 1.82 bits per heavy atom. The van der Waals surface area contributed by atoms with Crippen LogP contribution in [0.1, 0.15) is 15.9 Å². The van der Waals surface area contributed by atoms with E-state index in [4.69, 9.17) is 5.73 Å². The third-order valence-corrected chi connectivity index (χ3v) is 2.78. The Labute approximate surface area is 124 Å². The second-order valence-corrected chi connectivity index (χ2v) is 4.43. The molecule has 0 aliphatic heterocycles. The Balaban J connectivity index is 2.09. The maximum atomic E-state index is 12.2. The predicted octanol–water partition coefficient (Wildman–Crippen LogP) is 3.30. The molecular weight excluding hydrogens is 297 g/mol. The summed E-state index contributed by atoms with van der Waals surface area (Å²) in [5, 5.41) is 2.50. The van der Waals surface area contributed by atoms with E-state index >= 15 is 0 Å². The lowest BCUT2D eigenvalue weighted by Crippen LogP contribution is -2.17. The summed E-state index contributed by atoms with van der Waals surface area (Å²) in [4.78, 5) is 12.0. The van der Waals surface area contributed by atoms with Crippen LogP contribution in [0, 0.1) is 0 Å². The van der Waals surface area contributed by atoms with Crippen molar-refractivity contribution in [3.63, 3.8) is 0 Å². The summed E-state index contributed by atoms with van der Waals surface area (Å²) < 4.78 is 40.3. The quantitative estimate of drug-likeness (QED) is 0.910. The molecule has 22 heavy (non-hydrogen) atoms. The van der Waals surface area contributed by atoms with Gasteiger partial charge in [-0.1, -0.05) is 18.2 Å². The molecule has 0 unspecified atom stereocenters. The zero-order chi connectivity index (χ0) is 16.2. The first kappa shape index (κ1) is 15.8. The van der Waals surface area contributed by atoms with Crippen LogP contribution in [0.4, 0.5) is 18.9 Å². The normalized spacial score (nSPS) is 11.1. The van der Waals surface area contributed by atoms with Crippen molar-refractivity contribution < 1.29 is 22.7 Å². The van der Waals surface area contributed by atoms with Crippen LogP contribution in [0.2, 0.25) is 0 Å². The number of benzene rings is 2. The molecule has 0 aromatic heterocycles. The summed E-state index contributed by atoms with van der Waals surface area (Å²) in [5.41, 5.74) is 6.91. The van der Waals surface area contributed by atoms with Crippen LogP contribution in [-0.4, -0.2) is 12.3 Å². The topological polar surface area (TPSA) is 64.4 Å². The summed E-state index contributed by atoms with van der Waals surface area (Å²) in [6, 6.07) is 11.7. The molecule has 3 N–H and O–H groups in total. The Morgan fingerprint density at radius 3 is 2.41 bits per heavy atom. The zero-order valence-corrected chi connectivity index (χ0v) is 11.4. The number of anilines is 1. The van der Waals surface area contributed by atoms with Gasteiger partial charge in [0.2, 0.25) is 0 Å². The van der Waals surface area contributed by atoms with Gasteiger partial charge in [-0.15, -0.1) is 13.2 Å². The van der Waals surface area contributed by atoms with Gasteiger partial charge < -0.3 is 15.8 Å². The molecule has 0 spiro atoms. The third kappa shape index (κ3) is 4.49. The molecule has 0 saturated carbocycles. The van der Waals surface area contributed by atoms with E-state index in [-0.39, 0.29) is 5.69 Å². The molecular formula is C15H13F3N2O2. The van der Waals surface area contributed by atoms with Gasteiger partial charge in [-0.25, -0.2) is 0 Å². The summed E-state index contributed by atoms with van der Waals surface area (Å²) in [6.45, 7) is 0.360. The molecule has 2 aromatic carbocycles. The van der Waals surface area contributed by atoms with E-state index in [0.717, 1.165) is 17.7 Å². The smallest absolute Gasteiger partial charge is 0.406 e. The van der Waals surface area contributed by atoms with Gasteiger partial charge in [-0.05, 0) is 29.8 Å². The minimum absolute atomic E-state index is 0.203. The van der Waals surface area contributed by atoms with Crippen molar-refractivity contribution in [2.24, 2.45) is 5.73 Å². The van der Waals surface area contributed by atoms with Crippen molar-refractivity contribution in [2.75, 3.05) is 5.32 Å². The first-order chi connectivity index (χ1) is 10.4. The van der Waals surface area contributed by atoms with Crippen molar-refractivity contribution >= 4 is 11.6 Å². The van der Waals surface area contributed by atoms with Crippen LogP contribution in [0.5, 0.6) is 5.75 Å². The van der Waals surface area contributed by atoms with Crippen molar-refractivity contribution in [3.05, 3.63) is 59.7 Å². The third-order valence-electron chi connectivity index (χ3n) is 2.78. The average Bonchev–Trinajstić information content (AvgIpc) is 2.46. The predicted molar refractivity (Wildman–Crippen MR) is 75.4 cm³/mol. The number of carbonyl (C=O) groups excluding carboxylic acids is 1. The first-order valence-electron chi connectivity index (χ1n) is 6.33. The van der Waals surface area contributed by atoms with Gasteiger partial charge in [0.1, 0.15) is 5.75 Å². The van der Waals surface area contributed by atoms with Crippen LogP contribution in [0.25, 0.3) is 0 Å². The van der Waals surface area contributed by atoms with Crippen LogP contribution in [0.15, 0.2) is 48.5 Å². The fraction of sp³-hybridized carbons (Fsp3) is 0.133. The van der Waals surface area contributed by atoms with Crippen LogP contribution in [0.3, 0.4) is 0 Å². The summed E-state index contributed by atoms with van der Waals surface area (Å²) in [6.07, 6.45) is -4.78. The summed E-state index contributed by atoms with van der Waals surface area (Å²) >= 11 is 0. The number of hydrogen-bond donors (Lipinski definition) is 2. The maximum absolute atomic E-state index is 12.2. The number of alkyl halides is 3. The molecule has 0 aliphatic carbocycles.